The number of aryl methyl sites for hydroxylation is 1. The second kappa shape index (κ2) is 3.54. The van der Waals surface area contributed by atoms with E-state index in [1.165, 1.54) is 54.7 Å². The van der Waals surface area contributed by atoms with Crippen LogP contribution in [0.4, 0.5) is 0 Å². The molecule has 0 spiro atoms. The highest BCUT2D eigenvalue weighted by molar-refractivity contribution is 5.55. The Bertz CT molecular complexity index is 674. The van der Waals surface area contributed by atoms with E-state index >= 15 is 0 Å². The number of rotatable bonds is 1. The molecule has 5 heteroatoms. The molecule has 2 aromatic rings. The van der Waals surface area contributed by atoms with Gasteiger partial charge in [-0.15, -0.1) is 5.10 Å². The first-order valence-corrected chi connectivity index (χ1v) is 7.08. The van der Waals surface area contributed by atoms with Gasteiger partial charge in [0.25, 0.3) is 0 Å². The number of tetrazole rings is 1. The quantitative estimate of drug-likeness (QED) is 0.780. The molecule has 4 heterocycles. The van der Waals surface area contributed by atoms with Gasteiger partial charge >= 0.3 is 0 Å². The average molecular weight is 257 g/mol. The summed E-state index contributed by atoms with van der Waals surface area (Å²) in [5, 5.41) is 12.4. The smallest absolute Gasteiger partial charge is 0.182 e. The molecule has 2 aliphatic rings. The van der Waals surface area contributed by atoms with Crippen LogP contribution < -0.4 is 0 Å². The van der Waals surface area contributed by atoms with Crippen LogP contribution in [-0.4, -0.2) is 38.0 Å². The van der Waals surface area contributed by atoms with E-state index in [0.29, 0.717) is 0 Å². The highest BCUT2D eigenvalue weighted by Gasteiger charge is 2.51. The van der Waals surface area contributed by atoms with Gasteiger partial charge in [0.2, 0.25) is 0 Å². The predicted molar refractivity (Wildman–Crippen MR) is 72.1 cm³/mol. The van der Waals surface area contributed by atoms with Crippen molar-refractivity contribution in [2.75, 3.05) is 13.1 Å². The maximum absolute atomic E-state index is 4.27. The van der Waals surface area contributed by atoms with Gasteiger partial charge in [0.1, 0.15) is 0 Å². The zero-order chi connectivity index (χ0) is 13.2. The van der Waals surface area contributed by atoms with E-state index < -0.39 is 0 Å². The summed E-state index contributed by atoms with van der Waals surface area (Å²) in [4.78, 5) is 2.60. The van der Waals surface area contributed by atoms with Crippen LogP contribution in [0.15, 0.2) is 0 Å². The van der Waals surface area contributed by atoms with Crippen molar-refractivity contribution in [1.82, 2.24) is 24.9 Å². The molecule has 4 rings (SSSR count). The van der Waals surface area contributed by atoms with E-state index in [9.17, 15) is 0 Å². The predicted octanol–water partition coefficient (Wildman–Crippen LogP) is 1.74. The SMILES string of the molecule is Cc1c(C)c(C23CCCN2CC3)n2nnnc2c1C. The largest absolute Gasteiger partial charge is 0.292 e. The molecule has 19 heavy (non-hydrogen) atoms. The lowest BCUT2D eigenvalue weighted by Crippen LogP contribution is -2.54. The molecule has 0 bridgehead atoms. The molecule has 5 nitrogen and oxygen atoms in total. The highest BCUT2D eigenvalue weighted by atomic mass is 15.5. The van der Waals surface area contributed by atoms with Crippen LogP contribution >= 0.6 is 0 Å². The maximum Gasteiger partial charge on any atom is 0.182 e. The van der Waals surface area contributed by atoms with Gasteiger partial charge in [-0.2, -0.15) is 4.52 Å². The molecule has 0 N–H and O–H groups in total. The van der Waals surface area contributed by atoms with E-state index in [1.54, 1.807) is 0 Å². The fourth-order valence-corrected chi connectivity index (χ4v) is 4.00. The fourth-order valence-electron chi connectivity index (χ4n) is 4.00. The van der Waals surface area contributed by atoms with Gasteiger partial charge < -0.3 is 0 Å². The van der Waals surface area contributed by atoms with E-state index in [-0.39, 0.29) is 5.54 Å². The monoisotopic (exact) mass is 257 g/mol. The molecule has 2 fully saturated rings. The standard InChI is InChI=1S/C14H19N5/c1-9-10(2)12(14-5-4-7-18(14)8-6-14)19-13(11(9)3)15-16-17-19/h4-8H2,1-3H3. The third kappa shape index (κ3) is 1.21. The van der Waals surface area contributed by atoms with Gasteiger partial charge in [0.05, 0.1) is 11.2 Å². The lowest BCUT2D eigenvalue weighted by atomic mass is 9.78. The van der Waals surface area contributed by atoms with E-state index in [0.717, 1.165) is 5.65 Å². The molecule has 1 atom stereocenters. The Labute approximate surface area is 112 Å². The first-order valence-electron chi connectivity index (χ1n) is 7.08. The molecule has 2 aliphatic heterocycles. The number of hydrogen-bond acceptors (Lipinski definition) is 4. The van der Waals surface area contributed by atoms with E-state index in [4.69, 9.17) is 0 Å². The lowest BCUT2D eigenvalue weighted by molar-refractivity contribution is 0.0178. The summed E-state index contributed by atoms with van der Waals surface area (Å²) in [5.74, 6) is 0. The minimum Gasteiger partial charge on any atom is -0.292 e. The van der Waals surface area contributed by atoms with Gasteiger partial charge in [-0.05, 0) is 73.7 Å². The zero-order valence-corrected chi connectivity index (χ0v) is 11.8. The van der Waals surface area contributed by atoms with Gasteiger partial charge in [-0.25, -0.2) is 0 Å². The van der Waals surface area contributed by atoms with Crippen LogP contribution in [0.25, 0.3) is 5.65 Å². The van der Waals surface area contributed by atoms with E-state index in [1.807, 2.05) is 4.52 Å². The average Bonchev–Trinajstić information content (AvgIpc) is 2.95. The molecule has 2 saturated heterocycles. The van der Waals surface area contributed by atoms with Gasteiger partial charge in [0.15, 0.2) is 5.65 Å². The lowest BCUT2D eigenvalue weighted by Gasteiger charge is -2.49. The number of nitrogens with zero attached hydrogens (tertiary/aromatic N) is 5. The molecule has 2 aromatic heterocycles. The zero-order valence-electron chi connectivity index (χ0n) is 11.8. The van der Waals surface area contributed by atoms with Crippen LogP contribution in [0, 0.1) is 20.8 Å². The van der Waals surface area contributed by atoms with Gasteiger partial charge in [0, 0.05) is 6.54 Å². The first-order chi connectivity index (χ1) is 9.15. The van der Waals surface area contributed by atoms with Gasteiger partial charge in [-0.3, -0.25) is 4.90 Å². The maximum atomic E-state index is 4.27. The van der Waals surface area contributed by atoms with Crippen molar-refractivity contribution in [3.63, 3.8) is 0 Å². The summed E-state index contributed by atoms with van der Waals surface area (Å²) in [6, 6.07) is 0. The molecule has 0 saturated carbocycles. The second-order valence-electron chi connectivity index (χ2n) is 6.01. The Morgan fingerprint density at radius 1 is 1.00 bits per heavy atom. The Kier molecular flexibility index (Phi) is 2.11. The van der Waals surface area contributed by atoms with Crippen molar-refractivity contribution in [3.8, 4) is 0 Å². The van der Waals surface area contributed by atoms with Crippen LogP contribution in [0.3, 0.4) is 0 Å². The van der Waals surface area contributed by atoms with Crippen molar-refractivity contribution >= 4 is 5.65 Å². The molecule has 0 aliphatic carbocycles. The van der Waals surface area contributed by atoms with Crippen LogP contribution in [0.2, 0.25) is 0 Å². The molecule has 0 amide bonds. The molecule has 100 valence electrons. The summed E-state index contributed by atoms with van der Waals surface area (Å²) in [6.45, 7) is 8.97. The third-order valence-electron chi connectivity index (χ3n) is 5.36. The normalized spacial score (nSPS) is 26.7. The second-order valence-corrected chi connectivity index (χ2v) is 6.01. The van der Waals surface area contributed by atoms with Crippen molar-refractivity contribution in [2.45, 2.75) is 45.6 Å². The van der Waals surface area contributed by atoms with Crippen LogP contribution in [0.1, 0.15) is 41.6 Å². The van der Waals surface area contributed by atoms with E-state index in [2.05, 4.69) is 41.2 Å². The third-order valence-corrected chi connectivity index (χ3v) is 5.36. The van der Waals surface area contributed by atoms with Crippen LogP contribution in [-0.2, 0) is 5.54 Å². The molecule has 0 radical (unpaired) electrons. The van der Waals surface area contributed by atoms with Crippen molar-refractivity contribution in [1.29, 1.82) is 0 Å². The number of hydrogen-bond donors (Lipinski definition) is 0. The number of pyridine rings is 1. The number of aromatic nitrogens is 4. The molecule has 0 aromatic carbocycles. The van der Waals surface area contributed by atoms with Crippen molar-refractivity contribution < 1.29 is 0 Å². The van der Waals surface area contributed by atoms with Crippen molar-refractivity contribution in [3.05, 3.63) is 22.4 Å². The molecular weight excluding hydrogens is 238 g/mol. The summed E-state index contributed by atoms with van der Waals surface area (Å²) >= 11 is 0. The summed E-state index contributed by atoms with van der Waals surface area (Å²) in [7, 11) is 0. The minimum absolute atomic E-state index is 0.205. The fraction of sp³-hybridized carbons (Fsp3) is 0.643. The highest BCUT2D eigenvalue weighted by Crippen LogP contribution is 2.49. The first kappa shape index (κ1) is 11.3. The number of fused-ring (bicyclic) bond motifs is 2. The Morgan fingerprint density at radius 2 is 1.84 bits per heavy atom. The minimum atomic E-state index is 0.205. The Balaban J connectivity index is 2.07. The van der Waals surface area contributed by atoms with Crippen molar-refractivity contribution in [2.24, 2.45) is 0 Å². The van der Waals surface area contributed by atoms with Gasteiger partial charge in [-0.1, -0.05) is 0 Å². The topological polar surface area (TPSA) is 46.3 Å². The summed E-state index contributed by atoms with van der Waals surface area (Å²) in [6.07, 6.45) is 3.77. The summed E-state index contributed by atoms with van der Waals surface area (Å²) in [5.41, 5.74) is 6.36. The van der Waals surface area contributed by atoms with Crippen LogP contribution in [0.5, 0.6) is 0 Å². The Hall–Kier alpha value is -1.49. The Morgan fingerprint density at radius 3 is 2.53 bits per heavy atom. The molecular formula is C14H19N5. The molecule has 1 unspecified atom stereocenters. The summed E-state index contributed by atoms with van der Waals surface area (Å²) < 4.78 is 2.00.